The molecule has 106 valence electrons. The van der Waals surface area contributed by atoms with Gasteiger partial charge in [-0.1, -0.05) is 36.7 Å². The fraction of sp³-hybridized carbons (Fsp3) is 0.625. The van der Waals surface area contributed by atoms with Gasteiger partial charge in [0.1, 0.15) is 11.4 Å². The van der Waals surface area contributed by atoms with Gasteiger partial charge in [-0.05, 0) is 44.0 Å². The van der Waals surface area contributed by atoms with Crippen molar-refractivity contribution >= 4 is 15.9 Å². The molecule has 0 saturated heterocycles. The van der Waals surface area contributed by atoms with Gasteiger partial charge in [0.25, 0.3) is 0 Å². The quantitative estimate of drug-likeness (QED) is 0.837. The van der Waals surface area contributed by atoms with Crippen molar-refractivity contribution in [2.75, 3.05) is 6.54 Å². The van der Waals surface area contributed by atoms with E-state index in [-0.39, 0.29) is 5.60 Å². The Balaban J connectivity index is 2.34. The maximum absolute atomic E-state index is 6.32. The molecule has 3 heteroatoms. The summed E-state index contributed by atoms with van der Waals surface area (Å²) in [7, 11) is 0. The van der Waals surface area contributed by atoms with Crippen molar-refractivity contribution < 1.29 is 4.74 Å². The second kappa shape index (κ2) is 6.27. The first-order chi connectivity index (χ1) is 9.14. The molecule has 0 radical (unpaired) electrons. The molecule has 1 unspecified atom stereocenters. The van der Waals surface area contributed by atoms with Gasteiger partial charge in [-0.3, -0.25) is 0 Å². The average Bonchev–Trinajstić information content (AvgIpc) is 2.44. The summed E-state index contributed by atoms with van der Waals surface area (Å²) in [5.41, 5.74) is 1.28. The first kappa shape index (κ1) is 14.9. The van der Waals surface area contributed by atoms with Crippen LogP contribution < -0.4 is 10.1 Å². The van der Waals surface area contributed by atoms with Crippen LogP contribution in [-0.4, -0.2) is 12.1 Å². The first-order valence-corrected chi connectivity index (χ1v) is 8.15. The van der Waals surface area contributed by atoms with E-state index in [1.807, 2.05) is 0 Å². The number of ether oxygens (including phenoxy) is 1. The van der Waals surface area contributed by atoms with Crippen molar-refractivity contribution in [3.63, 3.8) is 0 Å². The Kier molecular flexibility index (Phi) is 4.91. The Morgan fingerprint density at radius 1 is 1.32 bits per heavy atom. The van der Waals surface area contributed by atoms with Crippen molar-refractivity contribution in [3.05, 3.63) is 28.2 Å². The highest BCUT2D eigenvalue weighted by Gasteiger charge is 2.38. The van der Waals surface area contributed by atoms with Gasteiger partial charge >= 0.3 is 0 Å². The number of nitrogens with one attached hydrogen (secondary N) is 1. The van der Waals surface area contributed by atoms with E-state index >= 15 is 0 Å². The van der Waals surface area contributed by atoms with Gasteiger partial charge in [-0.25, -0.2) is 0 Å². The number of hydrogen-bond acceptors (Lipinski definition) is 2. The lowest BCUT2D eigenvalue weighted by Crippen LogP contribution is -2.43. The first-order valence-electron chi connectivity index (χ1n) is 7.36. The lowest BCUT2D eigenvalue weighted by molar-refractivity contribution is 0.0228. The van der Waals surface area contributed by atoms with Crippen LogP contribution in [0.1, 0.15) is 58.1 Å². The van der Waals surface area contributed by atoms with Crippen molar-refractivity contribution in [2.24, 2.45) is 0 Å². The van der Waals surface area contributed by atoms with Crippen LogP contribution in [0.4, 0.5) is 0 Å². The van der Waals surface area contributed by atoms with Crippen LogP contribution >= 0.6 is 15.9 Å². The summed E-state index contributed by atoms with van der Waals surface area (Å²) in [5, 5.41) is 3.68. The maximum atomic E-state index is 6.32. The lowest BCUT2D eigenvalue weighted by Gasteiger charge is -2.42. The second-order valence-electron chi connectivity index (χ2n) is 5.39. The second-order valence-corrected chi connectivity index (χ2v) is 6.30. The van der Waals surface area contributed by atoms with Crippen LogP contribution in [0.2, 0.25) is 0 Å². The average molecular weight is 326 g/mol. The van der Waals surface area contributed by atoms with E-state index in [2.05, 4.69) is 60.2 Å². The standard InChI is InChI=1S/C16H24BrNO/c1-4-9-18-14-11-16(5-2,6-3)19-15-8-7-12(17)10-13(14)15/h7-8,10,14,18H,4-6,9,11H2,1-3H3. The number of halogens is 1. The van der Waals surface area contributed by atoms with Crippen molar-refractivity contribution in [3.8, 4) is 5.75 Å². The fourth-order valence-electron chi connectivity index (χ4n) is 2.83. The molecule has 1 N–H and O–H groups in total. The van der Waals surface area contributed by atoms with Gasteiger partial charge < -0.3 is 10.1 Å². The topological polar surface area (TPSA) is 21.3 Å². The van der Waals surface area contributed by atoms with E-state index in [4.69, 9.17) is 4.74 Å². The van der Waals surface area contributed by atoms with Crippen molar-refractivity contribution in [2.45, 2.75) is 58.1 Å². The van der Waals surface area contributed by atoms with Crippen LogP contribution in [-0.2, 0) is 0 Å². The zero-order chi connectivity index (χ0) is 13.9. The van der Waals surface area contributed by atoms with E-state index in [0.29, 0.717) is 6.04 Å². The van der Waals surface area contributed by atoms with Gasteiger partial charge in [0.2, 0.25) is 0 Å². The largest absolute Gasteiger partial charge is 0.487 e. The Morgan fingerprint density at radius 3 is 2.68 bits per heavy atom. The highest BCUT2D eigenvalue weighted by Crippen LogP contribution is 2.43. The lowest BCUT2D eigenvalue weighted by atomic mass is 9.83. The molecule has 1 heterocycles. The minimum Gasteiger partial charge on any atom is -0.487 e. The molecule has 19 heavy (non-hydrogen) atoms. The molecule has 1 aliphatic rings. The molecule has 0 aromatic heterocycles. The van der Waals surface area contributed by atoms with Gasteiger partial charge in [0.15, 0.2) is 0 Å². The monoisotopic (exact) mass is 325 g/mol. The number of rotatable bonds is 5. The number of benzene rings is 1. The summed E-state index contributed by atoms with van der Waals surface area (Å²) in [6, 6.07) is 6.76. The van der Waals surface area contributed by atoms with E-state index in [1.165, 1.54) is 5.56 Å². The van der Waals surface area contributed by atoms with E-state index < -0.39 is 0 Å². The predicted octanol–water partition coefficient (Wildman–Crippen LogP) is 4.83. The van der Waals surface area contributed by atoms with Crippen LogP contribution in [0.15, 0.2) is 22.7 Å². The van der Waals surface area contributed by atoms with Gasteiger partial charge in [-0.2, -0.15) is 0 Å². The molecule has 1 aromatic rings. The molecule has 0 bridgehead atoms. The van der Waals surface area contributed by atoms with Crippen LogP contribution in [0.3, 0.4) is 0 Å². The molecular formula is C16H24BrNO. The molecule has 2 nitrogen and oxygen atoms in total. The van der Waals surface area contributed by atoms with Gasteiger partial charge in [0.05, 0.1) is 0 Å². The highest BCUT2D eigenvalue weighted by atomic mass is 79.9. The molecule has 2 rings (SSSR count). The third-order valence-corrected chi connectivity index (χ3v) is 4.67. The molecule has 0 aliphatic carbocycles. The molecule has 0 saturated carbocycles. The Bertz CT molecular complexity index is 429. The van der Waals surface area contributed by atoms with Crippen LogP contribution in [0, 0.1) is 0 Å². The number of fused-ring (bicyclic) bond motifs is 1. The van der Waals surface area contributed by atoms with Gasteiger partial charge in [-0.15, -0.1) is 0 Å². The Labute approximate surface area is 125 Å². The zero-order valence-electron chi connectivity index (χ0n) is 12.1. The van der Waals surface area contributed by atoms with Crippen LogP contribution in [0.5, 0.6) is 5.75 Å². The smallest absolute Gasteiger partial charge is 0.125 e. The minimum atomic E-state index is -0.00770. The van der Waals surface area contributed by atoms with Crippen molar-refractivity contribution in [1.82, 2.24) is 5.32 Å². The summed E-state index contributed by atoms with van der Waals surface area (Å²) >= 11 is 3.57. The highest BCUT2D eigenvalue weighted by molar-refractivity contribution is 9.10. The van der Waals surface area contributed by atoms with E-state index in [0.717, 1.165) is 42.5 Å². The normalized spacial score (nSPS) is 20.7. The fourth-order valence-corrected chi connectivity index (χ4v) is 3.20. The predicted molar refractivity (Wildman–Crippen MR) is 83.7 cm³/mol. The molecule has 0 amide bonds. The third-order valence-electron chi connectivity index (χ3n) is 4.18. The summed E-state index contributed by atoms with van der Waals surface area (Å²) in [4.78, 5) is 0. The third kappa shape index (κ3) is 3.14. The maximum Gasteiger partial charge on any atom is 0.125 e. The molecule has 0 fully saturated rings. The summed E-state index contributed by atoms with van der Waals surface area (Å²) in [6.45, 7) is 7.72. The molecule has 1 aliphatic heterocycles. The molecule has 0 spiro atoms. The van der Waals surface area contributed by atoms with E-state index in [1.54, 1.807) is 0 Å². The molecule has 1 aromatic carbocycles. The molecular weight excluding hydrogens is 302 g/mol. The Morgan fingerprint density at radius 2 is 2.05 bits per heavy atom. The van der Waals surface area contributed by atoms with Crippen molar-refractivity contribution in [1.29, 1.82) is 0 Å². The Hall–Kier alpha value is -0.540. The SMILES string of the molecule is CCCNC1CC(CC)(CC)Oc2ccc(Br)cc21. The number of hydrogen-bond donors (Lipinski definition) is 1. The van der Waals surface area contributed by atoms with Gasteiger partial charge in [0, 0.05) is 22.5 Å². The summed E-state index contributed by atoms with van der Waals surface area (Å²) in [5.74, 6) is 1.05. The molecule has 1 atom stereocenters. The zero-order valence-corrected chi connectivity index (χ0v) is 13.7. The summed E-state index contributed by atoms with van der Waals surface area (Å²) < 4.78 is 7.45. The summed E-state index contributed by atoms with van der Waals surface area (Å²) in [6.07, 6.45) is 4.34. The minimum absolute atomic E-state index is 0.00770. The van der Waals surface area contributed by atoms with E-state index in [9.17, 15) is 0 Å². The van der Waals surface area contributed by atoms with Crippen LogP contribution in [0.25, 0.3) is 0 Å².